The number of carbonyl (C=O) groups is 1. The van der Waals surface area contributed by atoms with Crippen LogP contribution in [0.2, 0.25) is 0 Å². The van der Waals surface area contributed by atoms with Crippen LogP contribution in [0, 0.1) is 0 Å². The Balaban J connectivity index is 4.14. The molecule has 0 radical (unpaired) electrons. The van der Waals surface area contributed by atoms with Crippen LogP contribution in [0.4, 0.5) is 0 Å². The van der Waals surface area contributed by atoms with Crippen molar-refractivity contribution >= 4 is 5.97 Å². The highest BCUT2D eigenvalue weighted by molar-refractivity contribution is 5.70. The van der Waals surface area contributed by atoms with E-state index in [9.17, 15) is 9.90 Å². The zero-order chi connectivity index (χ0) is 11.4. The lowest BCUT2D eigenvalue weighted by Crippen LogP contribution is -2.45. The fourth-order valence-corrected chi connectivity index (χ4v) is 0.558. The number of aliphatic hydroxyl groups excluding tert-OH is 1. The highest BCUT2D eigenvalue weighted by Gasteiger charge is 2.23. The summed E-state index contributed by atoms with van der Waals surface area (Å²) in [6, 6.07) is 0. The van der Waals surface area contributed by atoms with E-state index >= 15 is 0 Å². The molecule has 0 aliphatic carbocycles. The number of aliphatic carboxylic acids is 1. The van der Waals surface area contributed by atoms with Crippen molar-refractivity contribution in [3.63, 3.8) is 0 Å². The number of aliphatic hydroxyl groups is 1. The van der Waals surface area contributed by atoms with Gasteiger partial charge in [-0.1, -0.05) is 6.92 Å². The molecule has 0 aromatic rings. The van der Waals surface area contributed by atoms with Crippen molar-refractivity contribution in [1.82, 2.24) is 0 Å². The van der Waals surface area contributed by atoms with E-state index in [1.165, 1.54) is 6.92 Å². The molecule has 1 N–H and O–H groups in total. The smallest absolute Gasteiger partial charge is 0.158 e. The molecule has 14 heavy (non-hydrogen) atoms. The second-order valence-corrected chi connectivity index (χ2v) is 3.77. The van der Waals surface area contributed by atoms with Crippen molar-refractivity contribution in [3.8, 4) is 0 Å². The van der Waals surface area contributed by atoms with Crippen LogP contribution in [-0.2, 0) is 14.6 Å². The molecule has 0 saturated heterocycles. The summed E-state index contributed by atoms with van der Waals surface area (Å²) < 4.78 is 0. The molecule has 2 unspecified atom stereocenters. The summed E-state index contributed by atoms with van der Waals surface area (Å²) in [6.07, 6.45) is -1.97. The van der Waals surface area contributed by atoms with E-state index in [1.807, 2.05) is 6.92 Å². The minimum atomic E-state index is -1.49. The van der Waals surface area contributed by atoms with E-state index < -0.39 is 23.8 Å². The van der Waals surface area contributed by atoms with Gasteiger partial charge in [-0.05, 0) is 27.2 Å². The molecule has 84 valence electrons. The first kappa shape index (κ1) is 13.4. The molecule has 0 aromatic carbocycles. The molecule has 0 saturated carbocycles. The van der Waals surface area contributed by atoms with E-state index in [4.69, 9.17) is 9.99 Å². The van der Waals surface area contributed by atoms with Crippen molar-refractivity contribution in [2.24, 2.45) is 0 Å². The molecule has 0 heterocycles. The average molecular weight is 205 g/mol. The summed E-state index contributed by atoms with van der Waals surface area (Å²) >= 11 is 0. The molecule has 5 nitrogen and oxygen atoms in total. The molecule has 0 aromatic heterocycles. The summed E-state index contributed by atoms with van der Waals surface area (Å²) in [5.41, 5.74) is -0.581. The maximum absolute atomic E-state index is 10.5. The molecule has 0 fully saturated rings. The Morgan fingerprint density at radius 3 is 2.36 bits per heavy atom. The van der Waals surface area contributed by atoms with Crippen LogP contribution in [0.15, 0.2) is 0 Å². The molecule has 2 atom stereocenters. The Morgan fingerprint density at radius 2 is 2.07 bits per heavy atom. The molecular weight excluding hydrogens is 188 g/mol. The van der Waals surface area contributed by atoms with Gasteiger partial charge < -0.3 is 15.0 Å². The molecule has 0 aliphatic heterocycles. The number of hydrogen-bond donors (Lipinski definition) is 1. The largest absolute Gasteiger partial charge is 0.547 e. The van der Waals surface area contributed by atoms with Gasteiger partial charge in [-0.25, -0.2) is 9.78 Å². The summed E-state index contributed by atoms with van der Waals surface area (Å²) in [5.74, 6) is -1.49. The van der Waals surface area contributed by atoms with Gasteiger partial charge in [0.15, 0.2) is 6.10 Å². The zero-order valence-corrected chi connectivity index (χ0v) is 8.94. The maximum atomic E-state index is 10.5. The van der Waals surface area contributed by atoms with Crippen LogP contribution >= 0.6 is 0 Å². The number of hydrogen-bond acceptors (Lipinski definition) is 5. The lowest BCUT2D eigenvalue weighted by atomic mass is 10.1. The third-order valence-corrected chi connectivity index (χ3v) is 1.90. The van der Waals surface area contributed by atoms with E-state index in [2.05, 4.69) is 4.89 Å². The van der Waals surface area contributed by atoms with E-state index in [1.54, 1.807) is 13.8 Å². The molecule has 0 amide bonds. The van der Waals surface area contributed by atoms with Gasteiger partial charge in [0, 0.05) is 0 Å². The Labute approximate surface area is 83.6 Å². The number of carboxylic acids is 1. The van der Waals surface area contributed by atoms with Crippen LogP contribution in [-0.4, -0.2) is 28.9 Å². The average Bonchev–Trinajstić information content (AvgIpc) is 2.03. The number of carboxylic acid groups (broad SMARTS) is 1. The van der Waals surface area contributed by atoms with Crippen molar-refractivity contribution in [2.75, 3.05) is 0 Å². The summed E-state index contributed by atoms with van der Waals surface area (Å²) in [4.78, 5) is 20.0. The summed E-state index contributed by atoms with van der Waals surface area (Å²) in [5, 5.41) is 19.5. The van der Waals surface area contributed by atoms with Gasteiger partial charge in [0.1, 0.15) is 0 Å². The Bertz CT molecular complexity index is 188. The molecule has 0 rings (SSSR count). The molecule has 0 spiro atoms. The van der Waals surface area contributed by atoms with Crippen LogP contribution in [0.25, 0.3) is 0 Å². The predicted octanol–water partition coefficient (Wildman–Crippen LogP) is -0.377. The Kier molecular flexibility index (Phi) is 5.04. The van der Waals surface area contributed by atoms with E-state index in [-0.39, 0.29) is 0 Å². The van der Waals surface area contributed by atoms with Gasteiger partial charge in [-0.15, -0.1) is 0 Å². The van der Waals surface area contributed by atoms with Crippen molar-refractivity contribution < 1.29 is 24.8 Å². The van der Waals surface area contributed by atoms with Crippen LogP contribution in [0.3, 0.4) is 0 Å². The molecular formula is C9H17O5-. The first-order valence-electron chi connectivity index (χ1n) is 4.53. The first-order chi connectivity index (χ1) is 6.30. The third-order valence-electron chi connectivity index (χ3n) is 1.90. The Hall–Kier alpha value is -0.650. The van der Waals surface area contributed by atoms with Crippen molar-refractivity contribution in [3.05, 3.63) is 0 Å². The normalized spacial score (nSPS) is 16.4. The minimum Gasteiger partial charge on any atom is -0.547 e. The monoisotopic (exact) mass is 205 g/mol. The first-order valence-corrected chi connectivity index (χ1v) is 4.53. The van der Waals surface area contributed by atoms with Gasteiger partial charge in [0.05, 0.1) is 17.7 Å². The minimum absolute atomic E-state index is 0.581. The van der Waals surface area contributed by atoms with E-state index in [0.717, 1.165) is 0 Å². The topological polar surface area (TPSA) is 78.8 Å². The van der Waals surface area contributed by atoms with Gasteiger partial charge in [-0.2, -0.15) is 0 Å². The maximum Gasteiger partial charge on any atom is 0.158 e. The number of rotatable bonds is 6. The number of carbonyl (C=O) groups excluding carboxylic acids is 1. The zero-order valence-electron chi connectivity index (χ0n) is 8.94. The fourth-order valence-electron chi connectivity index (χ4n) is 0.558. The van der Waals surface area contributed by atoms with E-state index in [0.29, 0.717) is 6.42 Å². The summed E-state index contributed by atoms with van der Waals surface area (Å²) in [6.45, 7) is 6.67. The van der Waals surface area contributed by atoms with Crippen LogP contribution in [0.5, 0.6) is 0 Å². The Morgan fingerprint density at radius 1 is 1.57 bits per heavy atom. The van der Waals surface area contributed by atoms with Gasteiger partial charge in [0.25, 0.3) is 0 Å². The third kappa shape index (κ3) is 4.55. The second kappa shape index (κ2) is 5.29. The molecule has 5 heteroatoms. The van der Waals surface area contributed by atoms with Crippen molar-refractivity contribution in [2.45, 2.75) is 51.9 Å². The van der Waals surface area contributed by atoms with Gasteiger partial charge in [0.2, 0.25) is 0 Å². The second-order valence-electron chi connectivity index (χ2n) is 3.77. The highest BCUT2D eigenvalue weighted by Crippen LogP contribution is 2.15. The van der Waals surface area contributed by atoms with Crippen LogP contribution < -0.4 is 5.11 Å². The van der Waals surface area contributed by atoms with Gasteiger partial charge in [-0.3, -0.25) is 0 Å². The standard InChI is InChI=1S/C9H18O5/c1-5-9(3,4)14-13-7(6(2)10)8(11)12/h6-7,10H,5H2,1-4H3,(H,11,12)/p-1. The van der Waals surface area contributed by atoms with Crippen molar-refractivity contribution in [1.29, 1.82) is 0 Å². The SMILES string of the molecule is CCC(C)(C)OOC(C(=O)[O-])C(C)O. The summed E-state index contributed by atoms with van der Waals surface area (Å²) in [7, 11) is 0. The fraction of sp³-hybridized carbons (Fsp3) is 0.889. The van der Waals surface area contributed by atoms with Gasteiger partial charge >= 0.3 is 0 Å². The molecule has 0 aliphatic rings. The van der Waals surface area contributed by atoms with Crippen LogP contribution in [0.1, 0.15) is 34.1 Å². The lowest BCUT2D eigenvalue weighted by molar-refractivity contribution is -0.402. The predicted molar refractivity (Wildman–Crippen MR) is 47.0 cm³/mol. The quantitative estimate of drug-likeness (QED) is 0.472. The highest BCUT2D eigenvalue weighted by atomic mass is 17.2. The lowest BCUT2D eigenvalue weighted by Gasteiger charge is -2.27. The molecule has 0 bridgehead atoms.